The predicted molar refractivity (Wildman–Crippen MR) is 239 cm³/mol. The first-order valence-corrected chi connectivity index (χ1v) is 22.3. The summed E-state index contributed by atoms with van der Waals surface area (Å²) in [6.45, 7) is 14.6. The second-order valence-electron chi connectivity index (χ2n) is 17.2. The smallest absolute Gasteiger partial charge is 0.443 e. The van der Waals surface area contributed by atoms with Crippen molar-refractivity contribution in [1.82, 2.24) is 19.6 Å². The van der Waals surface area contributed by atoms with Gasteiger partial charge in [0.2, 0.25) is 24.3 Å². The zero-order valence-corrected chi connectivity index (χ0v) is 39.9. The molecule has 376 valence electrons. The van der Waals surface area contributed by atoms with Crippen molar-refractivity contribution in [2.75, 3.05) is 27.4 Å². The van der Waals surface area contributed by atoms with Gasteiger partial charge in [0.1, 0.15) is 67.9 Å². The molecule has 0 spiro atoms. The Kier molecular flexibility index (Phi) is 18.7. The molecule has 2 aromatic carbocycles. The summed E-state index contributed by atoms with van der Waals surface area (Å²) in [6.07, 6.45) is -14.7. The van der Waals surface area contributed by atoms with Crippen molar-refractivity contribution in [3.05, 3.63) is 93.1 Å². The van der Waals surface area contributed by atoms with Gasteiger partial charge in [-0.05, 0) is 83.2 Å². The molecule has 2 fully saturated rings. The number of aliphatic hydroxyl groups is 6. The van der Waals surface area contributed by atoms with Gasteiger partial charge in [-0.25, -0.2) is 14.0 Å². The Morgan fingerprint density at radius 2 is 1.03 bits per heavy atom. The van der Waals surface area contributed by atoms with Crippen molar-refractivity contribution < 1.29 is 82.5 Å². The Bertz CT molecular complexity index is 2290. The molecule has 68 heavy (non-hydrogen) atoms. The van der Waals surface area contributed by atoms with Crippen LogP contribution in [0.1, 0.15) is 91.5 Å². The number of benzene rings is 2. The summed E-state index contributed by atoms with van der Waals surface area (Å²) in [4.78, 5) is 22.6. The van der Waals surface area contributed by atoms with E-state index in [1.807, 2.05) is 46.2 Å². The number of ether oxygens (including phenoxy) is 8. The molecule has 4 aromatic rings. The molecule has 0 unspecified atom stereocenters. The highest BCUT2D eigenvalue weighted by Gasteiger charge is 2.47. The minimum absolute atomic E-state index is 0.0170. The Morgan fingerprint density at radius 1 is 0.632 bits per heavy atom. The first-order chi connectivity index (χ1) is 32.2. The van der Waals surface area contributed by atoms with Crippen LogP contribution in [0.5, 0.6) is 11.8 Å². The van der Waals surface area contributed by atoms with Crippen LogP contribution >= 0.6 is 0 Å². The quantitative estimate of drug-likeness (QED) is 0.0929. The van der Waals surface area contributed by atoms with Crippen molar-refractivity contribution >= 4 is 12.3 Å². The van der Waals surface area contributed by atoms with Gasteiger partial charge in [-0.3, -0.25) is 9.36 Å². The maximum atomic E-state index is 14.1. The van der Waals surface area contributed by atoms with E-state index in [1.165, 1.54) is 11.6 Å². The zero-order chi connectivity index (χ0) is 50.1. The topological polar surface area (TPSA) is 265 Å². The van der Waals surface area contributed by atoms with Crippen LogP contribution in [0.2, 0.25) is 0 Å². The standard InChI is InChI=1S/C24H34N2O8.C23H31FN2O8/c1-6-15-7-9-16(10-8-15)11-17-14(4)26(13(2)3)25-22(17)34-23-21(29)20(28)19(27)18(33-23)12-32-24(30)31-5;1-11(2)26-13(4)15(8-14-7-6-12(3)16(24)9-14)21(25-26)34-22-20(29)19(28)18(27)17(33-22)10-32-23(30)31-5/h7-10,13,18-21,23,27-29H,6,11-12H2,1-5H3;6-7,9,11,17-20,22,27-29H,8,10H2,1-5H3/t18-,19-,20+,21-,23+;17-,18-,19+,20-,22+/m11/s1. The van der Waals surface area contributed by atoms with Crippen LogP contribution in [0.3, 0.4) is 0 Å². The molecule has 0 radical (unpaired) electrons. The Labute approximate surface area is 394 Å². The molecule has 6 N–H and O–H groups in total. The lowest BCUT2D eigenvalue weighted by Gasteiger charge is -2.39. The molecular weight excluding hydrogens is 896 g/mol. The molecule has 4 heterocycles. The van der Waals surface area contributed by atoms with Crippen LogP contribution < -0.4 is 9.47 Å². The van der Waals surface area contributed by atoms with Gasteiger partial charge in [0, 0.05) is 47.4 Å². The lowest BCUT2D eigenvalue weighted by atomic mass is 9.99. The van der Waals surface area contributed by atoms with Crippen LogP contribution in [0.25, 0.3) is 0 Å². The largest absolute Gasteiger partial charge is 0.508 e. The number of aromatic nitrogens is 4. The molecule has 10 atom stereocenters. The normalized spacial score (nSPS) is 24.8. The molecule has 21 heteroatoms. The minimum Gasteiger partial charge on any atom is -0.443 e. The summed E-state index contributed by atoms with van der Waals surface area (Å²) in [5.74, 6) is 0.0592. The molecule has 0 saturated carbocycles. The van der Waals surface area contributed by atoms with Crippen LogP contribution in [0.4, 0.5) is 14.0 Å². The zero-order valence-electron chi connectivity index (χ0n) is 39.9. The van der Waals surface area contributed by atoms with Gasteiger partial charge in [-0.15, -0.1) is 10.2 Å². The van der Waals surface area contributed by atoms with Crippen molar-refractivity contribution in [3.63, 3.8) is 0 Å². The molecule has 0 bridgehead atoms. The monoisotopic (exact) mass is 960 g/mol. The Balaban J connectivity index is 0.000000254. The maximum Gasteiger partial charge on any atom is 0.508 e. The number of rotatable bonds is 15. The van der Waals surface area contributed by atoms with Gasteiger partial charge in [-0.1, -0.05) is 43.3 Å². The van der Waals surface area contributed by atoms with Crippen molar-refractivity contribution in [2.45, 2.75) is 148 Å². The lowest BCUT2D eigenvalue weighted by Crippen LogP contribution is -2.60. The summed E-state index contributed by atoms with van der Waals surface area (Å²) in [7, 11) is 2.27. The third-order valence-electron chi connectivity index (χ3n) is 11.7. The van der Waals surface area contributed by atoms with Gasteiger partial charge >= 0.3 is 12.3 Å². The average Bonchev–Trinajstić information content (AvgIpc) is 3.80. The highest BCUT2D eigenvalue weighted by Crippen LogP contribution is 2.33. The second kappa shape index (κ2) is 23.8. The number of nitrogens with zero attached hydrogens (tertiary/aromatic N) is 4. The van der Waals surface area contributed by atoms with E-state index in [-0.39, 0.29) is 29.7 Å². The number of aryl methyl sites for hydroxylation is 2. The molecule has 6 rings (SSSR count). The Morgan fingerprint density at radius 3 is 1.41 bits per heavy atom. The Hall–Kier alpha value is -5.39. The summed E-state index contributed by atoms with van der Waals surface area (Å²) in [5.41, 5.74) is 6.68. The molecule has 20 nitrogen and oxygen atoms in total. The number of aliphatic hydroxyl groups excluding tert-OH is 6. The van der Waals surface area contributed by atoms with E-state index in [0.717, 1.165) is 43.2 Å². The number of carbonyl (C=O) groups excluding carboxylic acids is 2. The first kappa shape index (κ1) is 53.6. The fraction of sp³-hybridized carbons (Fsp3) is 0.574. The minimum atomic E-state index is -1.63. The number of carbonyl (C=O) groups is 2. The SMILES string of the molecule is CCc1ccc(Cc2c(O[C@@H]3O[C@H](COC(=O)OC)[C@@H](O)[C@H](O)[C@H]3O)nn(C(C)C)c2C)cc1.COC(=O)OC[C@H]1O[C@@H](Oc2nn(C(C)C)c(C)c2Cc2ccc(C)c(F)c2)[C@H](O)[C@@H](O)[C@@H]1O. The first-order valence-electron chi connectivity index (χ1n) is 22.3. The van der Waals surface area contributed by atoms with Crippen LogP contribution in [0.15, 0.2) is 42.5 Å². The van der Waals surface area contributed by atoms with E-state index in [4.69, 9.17) is 28.4 Å². The summed E-state index contributed by atoms with van der Waals surface area (Å²) in [6, 6.07) is 13.2. The second-order valence-corrected chi connectivity index (χ2v) is 17.2. The van der Waals surface area contributed by atoms with Gasteiger partial charge in [0.05, 0.1) is 14.2 Å². The summed E-state index contributed by atoms with van der Waals surface area (Å²) >= 11 is 0. The van der Waals surface area contributed by atoms with E-state index >= 15 is 0 Å². The molecule has 2 aromatic heterocycles. The van der Waals surface area contributed by atoms with Gasteiger partial charge in [0.25, 0.3) is 0 Å². The van der Waals surface area contributed by atoms with Crippen LogP contribution in [-0.2, 0) is 47.7 Å². The van der Waals surface area contributed by atoms with E-state index in [1.54, 1.807) is 23.7 Å². The number of hydrogen-bond donors (Lipinski definition) is 6. The van der Waals surface area contributed by atoms with Crippen molar-refractivity contribution in [3.8, 4) is 11.8 Å². The molecule has 2 aliphatic rings. The molecule has 2 aliphatic heterocycles. The summed E-state index contributed by atoms with van der Waals surface area (Å²) in [5, 5.41) is 71.1. The third-order valence-corrected chi connectivity index (χ3v) is 11.7. The van der Waals surface area contributed by atoms with Crippen LogP contribution in [0, 0.1) is 26.6 Å². The van der Waals surface area contributed by atoms with Crippen molar-refractivity contribution in [2.24, 2.45) is 0 Å². The lowest BCUT2D eigenvalue weighted by molar-refractivity contribution is -0.278. The van der Waals surface area contributed by atoms with Gasteiger partial charge < -0.3 is 68.5 Å². The molecule has 2 saturated heterocycles. The fourth-order valence-corrected chi connectivity index (χ4v) is 7.64. The van der Waals surface area contributed by atoms with E-state index in [2.05, 4.69) is 50.9 Å². The molecule has 0 amide bonds. The number of halogens is 1. The van der Waals surface area contributed by atoms with E-state index in [9.17, 15) is 44.6 Å². The maximum absolute atomic E-state index is 14.1. The summed E-state index contributed by atoms with van der Waals surface area (Å²) < 4.78 is 59.2. The molecule has 0 aliphatic carbocycles. The van der Waals surface area contributed by atoms with E-state index in [0.29, 0.717) is 29.5 Å². The number of hydrogen-bond acceptors (Lipinski definition) is 18. The molecular formula is C47H65FN4O16. The van der Waals surface area contributed by atoms with Crippen LogP contribution in [-0.4, -0.2) is 151 Å². The van der Waals surface area contributed by atoms with Crippen molar-refractivity contribution in [1.29, 1.82) is 0 Å². The predicted octanol–water partition coefficient (Wildman–Crippen LogP) is 3.68. The van der Waals surface area contributed by atoms with Gasteiger partial charge in [-0.2, -0.15) is 0 Å². The number of methoxy groups -OCH3 is 2. The van der Waals surface area contributed by atoms with E-state index < -0.39 is 86.9 Å². The fourth-order valence-electron chi connectivity index (χ4n) is 7.64. The highest BCUT2D eigenvalue weighted by atomic mass is 19.1. The third kappa shape index (κ3) is 12.8. The van der Waals surface area contributed by atoms with Gasteiger partial charge in [0.15, 0.2) is 0 Å². The highest BCUT2D eigenvalue weighted by molar-refractivity contribution is 5.59. The average molecular weight is 961 g/mol.